The molecule has 6 heteroatoms. The molecule has 78 valence electrons. The van der Waals surface area contributed by atoms with E-state index in [-0.39, 0.29) is 5.95 Å². The number of hydrogen-bond donors (Lipinski definition) is 1. The number of rotatable bonds is 2. The summed E-state index contributed by atoms with van der Waals surface area (Å²) in [4.78, 5) is 8.24. The Labute approximate surface area is 99.4 Å². The molecule has 0 unspecified atom stereocenters. The second kappa shape index (κ2) is 4.24. The molecular weight excluding hydrogens is 278 g/mol. The highest BCUT2D eigenvalue weighted by atomic mass is 79.9. The van der Waals surface area contributed by atoms with Crippen molar-refractivity contribution in [2.75, 3.05) is 12.0 Å². The van der Waals surface area contributed by atoms with Gasteiger partial charge in [-0.25, -0.2) is 9.97 Å². The molecule has 2 N–H and O–H groups in total. The number of thioether (sulfide) groups is 1. The third-order valence-electron chi connectivity index (χ3n) is 1.79. The van der Waals surface area contributed by atoms with Gasteiger partial charge in [0.25, 0.3) is 0 Å². The van der Waals surface area contributed by atoms with Crippen molar-refractivity contribution in [2.45, 2.75) is 5.03 Å². The Balaban J connectivity index is 2.61. The van der Waals surface area contributed by atoms with E-state index >= 15 is 0 Å². The zero-order chi connectivity index (χ0) is 10.8. The van der Waals surface area contributed by atoms with E-state index in [1.54, 1.807) is 12.3 Å². The summed E-state index contributed by atoms with van der Waals surface area (Å²) in [5, 5.41) is 0.800. The maximum absolute atomic E-state index is 5.61. The Bertz CT molecular complexity index is 472. The topological polar surface area (TPSA) is 64.9 Å². The molecule has 0 bridgehead atoms. The number of nitrogen functional groups attached to an aromatic ring is 1. The molecule has 0 saturated heterocycles. The SMILES string of the molecule is CSc1nc(N)nc(-c2ccco2)c1Br. The molecule has 4 nitrogen and oxygen atoms in total. The van der Waals surface area contributed by atoms with Crippen LogP contribution in [0, 0.1) is 0 Å². The van der Waals surface area contributed by atoms with Crippen molar-refractivity contribution in [3.05, 3.63) is 22.9 Å². The number of aromatic nitrogens is 2. The Morgan fingerprint density at radius 3 is 2.87 bits per heavy atom. The molecule has 2 aromatic heterocycles. The van der Waals surface area contributed by atoms with Gasteiger partial charge in [-0.15, -0.1) is 11.8 Å². The van der Waals surface area contributed by atoms with E-state index in [4.69, 9.17) is 10.2 Å². The highest BCUT2D eigenvalue weighted by Gasteiger charge is 2.13. The second-order valence-electron chi connectivity index (χ2n) is 2.73. The van der Waals surface area contributed by atoms with Crippen LogP contribution in [0.3, 0.4) is 0 Å². The summed E-state index contributed by atoms with van der Waals surface area (Å²) in [6, 6.07) is 3.63. The molecule has 0 amide bonds. The Hall–Kier alpha value is -1.01. The Kier molecular flexibility index (Phi) is 2.97. The van der Waals surface area contributed by atoms with Gasteiger partial charge in [0, 0.05) is 0 Å². The molecule has 15 heavy (non-hydrogen) atoms. The molecule has 0 spiro atoms. The molecule has 2 aromatic rings. The number of nitrogens with zero attached hydrogens (tertiary/aromatic N) is 2. The average Bonchev–Trinajstić information content (AvgIpc) is 2.74. The third kappa shape index (κ3) is 2.00. The van der Waals surface area contributed by atoms with Crippen molar-refractivity contribution in [1.82, 2.24) is 9.97 Å². The van der Waals surface area contributed by atoms with Gasteiger partial charge in [0.1, 0.15) is 10.7 Å². The zero-order valence-electron chi connectivity index (χ0n) is 7.90. The van der Waals surface area contributed by atoms with Crippen LogP contribution in [-0.4, -0.2) is 16.2 Å². The largest absolute Gasteiger partial charge is 0.463 e. The van der Waals surface area contributed by atoms with Gasteiger partial charge in [-0.2, -0.15) is 0 Å². The van der Waals surface area contributed by atoms with Gasteiger partial charge in [-0.05, 0) is 34.3 Å². The van der Waals surface area contributed by atoms with Crippen molar-refractivity contribution in [2.24, 2.45) is 0 Å². The van der Waals surface area contributed by atoms with E-state index in [1.165, 1.54) is 11.8 Å². The van der Waals surface area contributed by atoms with Crippen LogP contribution in [-0.2, 0) is 0 Å². The number of furan rings is 1. The lowest BCUT2D eigenvalue weighted by molar-refractivity contribution is 0.579. The van der Waals surface area contributed by atoms with Crippen molar-refractivity contribution in [1.29, 1.82) is 0 Å². The number of halogens is 1. The first-order valence-electron chi connectivity index (χ1n) is 4.13. The summed E-state index contributed by atoms with van der Waals surface area (Å²) in [6.07, 6.45) is 3.53. The van der Waals surface area contributed by atoms with E-state index in [0.717, 1.165) is 9.50 Å². The second-order valence-corrected chi connectivity index (χ2v) is 4.32. The smallest absolute Gasteiger partial charge is 0.221 e. The fourth-order valence-electron chi connectivity index (χ4n) is 1.15. The van der Waals surface area contributed by atoms with Crippen molar-refractivity contribution < 1.29 is 4.42 Å². The Morgan fingerprint density at radius 1 is 1.47 bits per heavy atom. The van der Waals surface area contributed by atoms with Gasteiger partial charge < -0.3 is 10.2 Å². The summed E-state index contributed by atoms with van der Waals surface area (Å²) in [7, 11) is 0. The van der Waals surface area contributed by atoms with Crippen molar-refractivity contribution >= 4 is 33.6 Å². The fourth-order valence-corrected chi connectivity index (χ4v) is 2.47. The van der Waals surface area contributed by atoms with Gasteiger partial charge in [-0.1, -0.05) is 0 Å². The molecule has 0 atom stereocenters. The van der Waals surface area contributed by atoms with E-state index in [2.05, 4.69) is 25.9 Å². The third-order valence-corrected chi connectivity index (χ3v) is 3.48. The van der Waals surface area contributed by atoms with Crippen LogP contribution in [0.25, 0.3) is 11.5 Å². The number of anilines is 1. The minimum atomic E-state index is 0.244. The maximum atomic E-state index is 5.61. The molecule has 0 aromatic carbocycles. The van der Waals surface area contributed by atoms with E-state index < -0.39 is 0 Å². The molecule has 0 aliphatic rings. The van der Waals surface area contributed by atoms with Crippen molar-refractivity contribution in [3.8, 4) is 11.5 Å². The minimum Gasteiger partial charge on any atom is -0.463 e. The zero-order valence-corrected chi connectivity index (χ0v) is 10.3. The van der Waals surface area contributed by atoms with Crippen LogP contribution >= 0.6 is 27.7 Å². The normalized spacial score (nSPS) is 10.5. The quantitative estimate of drug-likeness (QED) is 0.679. The highest BCUT2D eigenvalue weighted by Crippen LogP contribution is 2.33. The highest BCUT2D eigenvalue weighted by molar-refractivity contribution is 9.10. The fraction of sp³-hybridized carbons (Fsp3) is 0.111. The molecule has 0 radical (unpaired) electrons. The molecular formula is C9H8BrN3OS. The van der Waals surface area contributed by atoms with Crippen LogP contribution in [0.1, 0.15) is 0 Å². The van der Waals surface area contributed by atoms with Gasteiger partial charge >= 0.3 is 0 Å². The first-order valence-corrected chi connectivity index (χ1v) is 6.15. The molecule has 0 aliphatic carbocycles. The van der Waals surface area contributed by atoms with Crippen LogP contribution < -0.4 is 5.73 Å². The summed E-state index contributed by atoms with van der Waals surface area (Å²) >= 11 is 4.94. The van der Waals surface area contributed by atoms with Crippen molar-refractivity contribution in [3.63, 3.8) is 0 Å². The summed E-state index contributed by atoms with van der Waals surface area (Å²) in [5.41, 5.74) is 6.29. The van der Waals surface area contributed by atoms with E-state index in [1.807, 2.05) is 12.3 Å². The molecule has 2 heterocycles. The van der Waals surface area contributed by atoms with E-state index in [9.17, 15) is 0 Å². The molecule has 0 fully saturated rings. The first kappa shape index (κ1) is 10.5. The van der Waals surface area contributed by atoms with Crippen LogP contribution in [0.4, 0.5) is 5.95 Å². The predicted octanol–water partition coefficient (Wildman–Crippen LogP) is 2.80. The number of hydrogen-bond acceptors (Lipinski definition) is 5. The minimum absolute atomic E-state index is 0.244. The maximum Gasteiger partial charge on any atom is 0.221 e. The molecule has 0 saturated carbocycles. The van der Waals surface area contributed by atoms with Crippen LogP contribution in [0.15, 0.2) is 32.3 Å². The lowest BCUT2D eigenvalue weighted by Gasteiger charge is -2.05. The summed E-state index contributed by atoms with van der Waals surface area (Å²) in [6.45, 7) is 0. The van der Waals surface area contributed by atoms with Gasteiger partial charge in [0.2, 0.25) is 5.95 Å². The molecule has 0 aliphatic heterocycles. The van der Waals surface area contributed by atoms with Gasteiger partial charge in [0.15, 0.2) is 5.76 Å². The van der Waals surface area contributed by atoms with Gasteiger partial charge in [0.05, 0.1) is 10.7 Å². The predicted molar refractivity (Wildman–Crippen MR) is 63.6 cm³/mol. The first-order chi connectivity index (χ1) is 7.22. The standard InChI is InChI=1S/C9H8BrN3OS/c1-15-8-6(10)7(12-9(11)13-8)5-3-2-4-14-5/h2-4H,1H3,(H2,11,12,13). The summed E-state index contributed by atoms with van der Waals surface area (Å²) in [5.74, 6) is 0.917. The van der Waals surface area contributed by atoms with Crippen LogP contribution in [0.2, 0.25) is 0 Å². The lowest BCUT2D eigenvalue weighted by Crippen LogP contribution is -1.99. The average molecular weight is 286 g/mol. The number of nitrogens with two attached hydrogens (primary N) is 1. The Morgan fingerprint density at radius 2 is 2.27 bits per heavy atom. The van der Waals surface area contributed by atoms with Gasteiger partial charge in [-0.3, -0.25) is 0 Å². The monoisotopic (exact) mass is 285 g/mol. The summed E-state index contributed by atoms with van der Waals surface area (Å²) < 4.78 is 6.07. The van der Waals surface area contributed by atoms with E-state index in [0.29, 0.717) is 11.5 Å². The molecule has 2 rings (SSSR count). The van der Waals surface area contributed by atoms with Crippen LogP contribution in [0.5, 0.6) is 0 Å². The lowest BCUT2D eigenvalue weighted by atomic mass is 10.3.